The first-order valence-electron chi connectivity index (χ1n) is 2.47. The van der Waals surface area contributed by atoms with Crippen LogP contribution >= 0.6 is 0 Å². The predicted octanol–water partition coefficient (Wildman–Crippen LogP) is -0.177. The number of hydrogen-bond donors (Lipinski definition) is 0. The molecule has 0 saturated carbocycles. The summed E-state index contributed by atoms with van der Waals surface area (Å²) in [6.07, 6.45) is 0. The van der Waals surface area contributed by atoms with Crippen molar-refractivity contribution in [1.82, 2.24) is 0 Å². The predicted molar refractivity (Wildman–Crippen MR) is 26.3 cm³/mol. The summed E-state index contributed by atoms with van der Waals surface area (Å²) in [5.41, 5.74) is 0. The van der Waals surface area contributed by atoms with E-state index >= 15 is 0 Å². The molecule has 0 aromatic heterocycles. The van der Waals surface area contributed by atoms with E-state index in [4.69, 9.17) is 0 Å². The minimum absolute atomic E-state index is 0.917. The van der Waals surface area contributed by atoms with Crippen molar-refractivity contribution in [2.45, 2.75) is 19.6 Å². The van der Waals surface area contributed by atoms with Gasteiger partial charge in [-0.1, -0.05) is 0 Å². The quantitative estimate of drug-likeness (QED) is 0.337. The van der Waals surface area contributed by atoms with Gasteiger partial charge in [0.2, 0.25) is 0 Å². The zero-order valence-electron chi connectivity index (χ0n) is 5.13. The summed E-state index contributed by atoms with van der Waals surface area (Å²) >= 11 is 0. The van der Waals surface area contributed by atoms with Gasteiger partial charge in [0.1, 0.15) is 0 Å². The van der Waals surface area contributed by atoms with Crippen LogP contribution in [0.2, 0.25) is 0 Å². The second-order valence-electron chi connectivity index (χ2n) is 2.18. The number of cyclic esters (lactones) is 2. The molecule has 0 amide bonds. The molecule has 4 nitrogen and oxygen atoms in total. The fourth-order valence-electron chi connectivity index (χ4n) is 0.551. The Morgan fingerprint density at radius 3 is 1.56 bits per heavy atom. The Balaban J connectivity index is 2.76. The van der Waals surface area contributed by atoms with E-state index in [1.165, 1.54) is 13.8 Å². The maximum absolute atomic E-state index is 10.3. The molecule has 0 aliphatic carbocycles. The van der Waals surface area contributed by atoms with Gasteiger partial charge in [-0.25, -0.2) is 9.59 Å². The second-order valence-corrected chi connectivity index (χ2v) is 2.18. The third-order valence-electron chi connectivity index (χ3n) is 0.844. The van der Waals surface area contributed by atoms with E-state index in [1.54, 1.807) is 0 Å². The van der Waals surface area contributed by atoms with Gasteiger partial charge in [0.15, 0.2) is 0 Å². The van der Waals surface area contributed by atoms with Gasteiger partial charge in [0.05, 0.1) is 0 Å². The average Bonchev–Trinajstić information content (AvgIpc) is 1.79. The van der Waals surface area contributed by atoms with Crippen molar-refractivity contribution in [1.29, 1.82) is 0 Å². The molecule has 1 aliphatic rings. The van der Waals surface area contributed by atoms with Crippen LogP contribution in [0.5, 0.6) is 0 Å². The Bertz CT molecular complexity index is 152. The lowest BCUT2D eigenvalue weighted by Crippen LogP contribution is -2.20. The summed E-state index contributed by atoms with van der Waals surface area (Å²) in [7, 11) is 0. The van der Waals surface area contributed by atoms with Gasteiger partial charge in [-0.15, -0.1) is 0 Å². The van der Waals surface area contributed by atoms with Gasteiger partial charge in [-0.05, 0) is 0 Å². The Morgan fingerprint density at radius 1 is 1.11 bits per heavy atom. The monoisotopic (exact) mass is 130 g/mol. The van der Waals surface area contributed by atoms with Crippen LogP contribution in [-0.2, 0) is 19.1 Å². The van der Waals surface area contributed by atoms with Crippen molar-refractivity contribution in [3.8, 4) is 0 Å². The van der Waals surface area contributed by atoms with Crippen molar-refractivity contribution in [3.05, 3.63) is 0 Å². The highest BCUT2D eigenvalue weighted by Crippen LogP contribution is 2.18. The lowest BCUT2D eigenvalue weighted by atomic mass is 10.4. The van der Waals surface area contributed by atoms with E-state index in [-0.39, 0.29) is 0 Å². The Morgan fingerprint density at radius 2 is 1.44 bits per heavy atom. The number of carbonyl (C=O) groups is 2. The van der Waals surface area contributed by atoms with Gasteiger partial charge < -0.3 is 9.47 Å². The maximum Gasteiger partial charge on any atom is 0.420 e. The third kappa shape index (κ3) is 1.01. The van der Waals surface area contributed by atoms with Crippen LogP contribution in [0, 0.1) is 0 Å². The zero-order chi connectivity index (χ0) is 7.07. The number of carbonyl (C=O) groups excluding carboxylic acids is 2. The average molecular weight is 130 g/mol. The molecular weight excluding hydrogens is 124 g/mol. The molecule has 4 heteroatoms. The summed E-state index contributed by atoms with van der Waals surface area (Å²) < 4.78 is 8.90. The molecule has 50 valence electrons. The Hall–Kier alpha value is -1.06. The van der Waals surface area contributed by atoms with E-state index < -0.39 is 17.7 Å². The molecule has 9 heavy (non-hydrogen) atoms. The van der Waals surface area contributed by atoms with Crippen molar-refractivity contribution in [2.24, 2.45) is 0 Å². The molecule has 0 spiro atoms. The minimum Gasteiger partial charge on any atom is -0.415 e. The molecule has 1 saturated heterocycles. The molecule has 0 aromatic rings. The van der Waals surface area contributed by atoms with E-state index in [1.807, 2.05) is 0 Å². The summed E-state index contributed by atoms with van der Waals surface area (Å²) in [6, 6.07) is 0. The van der Waals surface area contributed by atoms with Crippen molar-refractivity contribution >= 4 is 11.9 Å². The number of ether oxygens (including phenoxy) is 2. The highest BCUT2D eigenvalue weighted by Gasteiger charge is 2.40. The normalized spacial score (nSPS) is 23.3. The number of rotatable bonds is 0. The van der Waals surface area contributed by atoms with E-state index in [0.717, 1.165) is 0 Å². The van der Waals surface area contributed by atoms with Gasteiger partial charge in [0, 0.05) is 13.8 Å². The first-order chi connectivity index (χ1) is 4.01. The maximum atomic E-state index is 10.3. The zero-order valence-corrected chi connectivity index (χ0v) is 5.13. The van der Waals surface area contributed by atoms with Crippen LogP contribution in [0.15, 0.2) is 0 Å². The van der Waals surface area contributed by atoms with Crippen LogP contribution in [-0.4, -0.2) is 17.7 Å². The van der Waals surface area contributed by atoms with Crippen molar-refractivity contribution in [3.63, 3.8) is 0 Å². The SMILES string of the molecule is CC1(C)OC(=O)C(=O)O1. The largest absolute Gasteiger partial charge is 0.420 e. The van der Waals surface area contributed by atoms with Crippen LogP contribution in [0.3, 0.4) is 0 Å². The van der Waals surface area contributed by atoms with Crippen molar-refractivity contribution < 1.29 is 19.1 Å². The van der Waals surface area contributed by atoms with Gasteiger partial charge in [-0.3, -0.25) is 0 Å². The fraction of sp³-hybridized carbons (Fsp3) is 0.600. The number of esters is 2. The van der Waals surface area contributed by atoms with Crippen LogP contribution in [0.4, 0.5) is 0 Å². The highest BCUT2D eigenvalue weighted by atomic mass is 16.8. The number of hydrogen-bond acceptors (Lipinski definition) is 4. The molecule has 0 atom stereocenters. The molecule has 1 fully saturated rings. The summed E-state index contributed by atoms with van der Waals surface area (Å²) in [5.74, 6) is -2.89. The standard InChI is InChI=1S/C5H6O4/c1-5(2)8-3(6)4(7)9-5/h1-2H3. The summed E-state index contributed by atoms with van der Waals surface area (Å²) in [4.78, 5) is 20.6. The molecule has 1 heterocycles. The molecule has 1 aliphatic heterocycles. The topological polar surface area (TPSA) is 52.6 Å². The summed E-state index contributed by atoms with van der Waals surface area (Å²) in [5, 5.41) is 0. The molecule has 0 N–H and O–H groups in total. The molecule has 0 radical (unpaired) electrons. The smallest absolute Gasteiger partial charge is 0.415 e. The van der Waals surface area contributed by atoms with E-state index in [9.17, 15) is 9.59 Å². The Labute approximate surface area is 51.7 Å². The molecule has 0 unspecified atom stereocenters. The minimum atomic E-state index is -1.06. The van der Waals surface area contributed by atoms with E-state index in [0.29, 0.717) is 0 Å². The second kappa shape index (κ2) is 1.46. The lowest BCUT2D eigenvalue weighted by Gasteiger charge is -2.12. The Kier molecular flexibility index (Phi) is 0.986. The fourth-order valence-corrected chi connectivity index (χ4v) is 0.551. The van der Waals surface area contributed by atoms with Gasteiger partial charge >= 0.3 is 11.9 Å². The van der Waals surface area contributed by atoms with Crippen LogP contribution in [0.25, 0.3) is 0 Å². The van der Waals surface area contributed by atoms with Gasteiger partial charge in [-0.2, -0.15) is 0 Å². The highest BCUT2D eigenvalue weighted by molar-refractivity contribution is 6.31. The molecular formula is C5H6O4. The van der Waals surface area contributed by atoms with Crippen LogP contribution < -0.4 is 0 Å². The van der Waals surface area contributed by atoms with Gasteiger partial charge in [0.25, 0.3) is 5.79 Å². The first-order valence-corrected chi connectivity index (χ1v) is 2.47. The summed E-state index contributed by atoms with van der Waals surface area (Å²) in [6.45, 7) is 2.99. The molecule has 0 bridgehead atoms. The van der Waals surface area contributed by atoms with Crippen LogP contribution in [0.1, 0.15) is 13.8 Å². The van der Waals surface area contributed by atoms with E-state index in [2.05, 4.69) is 9.47 Å². The van der Waals surface area contributed by atoms with Crippen molar-refractivity contribution in [2.75, 3.05) is 0 Å². The lowest BCUT2D eigenvalue weighted by molar-refractivity contribution is -0.163. The molecule has 0 aromatic carbocycles. The first kappa shape index (κ1) is 6.07. The third-order valence-corrected chi connectivity index (χ3v) is 0.844. The molecule has 1 rings (SSSR count).